The fraction of sp³-hybridized carbons (Fsp3) is 0. The van der Waals surface area contributed by atoms with Gasteiger partial charge in [-0.25, -0.2) is 14.4 Å². The van der Waals surface area contributed by atoms with E-state index in [-0.39, 0.29) is 11.6 Å². The average Bonchev–Trinajstić information content (AvgIpc) is 2.81. The molecule has 0 saturated carbocycles. The second-order valence-corrected chi connectivity index (χ2v) is 7.24. The highest BCUT2D eigenvalue weighted by atomic mass is 35.5. The number of carbonyl (C=O) groups is 1. The molecule has 0 bridgehead atoms. The van der Waals surface area contributed by atoms with Crippen LogP contribution in [0.25, 0.3) is 6.08 Å². The number of nitrogens with zero attached hydrogens (tertiary/aromatic N) is 2. The van der Waals surface area contributed by atoms with Crippen LogP contribution in [0.15, 0.2) is 91.3 Å². The van der Waals surface area contributed by atoms with E-state index >= 15 is 0 Å². The number of benzene rings is 2. The molecule has 2 aromatic heterocycles. The molecule has 0 saturated heterocycles. The Kier molecular flexibility index (Phi) is 6.53. The van der Waals surface area contributed by atoms with Gasteiger partial charge in [0.2, 0.25) is 0 Å². The van der Waals surface area contributed by atoms with Gasteiger partial charge in [-0.15, -0.1) is 0 Å². The molecule has 5 nitrogen and oxygen atoms in total. The fourth-order valence-corrected chi connectivity index (χ4v) is 3.08. The number of nitrogens with one attached hydrogen (secondary N) is 2. The number of hydrogen-bond acceptors (Lipinski definition) is 5. The van der Waals surface area contributed by atoms with E-state index in [2.05, 4.69) is 20.6 Å². The Morgan fingerprint density at radius 3 is 2.12 bits per heavy atom. The normalized spacial score (nSPS) is 10.8. The number of allylic oxidation sites excluding steroid dienone is 1. The summed E-state index contributed by atoms with van der Waals surface area (Å²) in [6.07, 6.45) is 6.40. The van der Waals surface area contributed by atoms with Gasteiger partial charge in [0.1, 0.15) is 17.5 Å². The van der Waals surface area contributed by atoms with Gasteiger partial charge < -0.3 is 10.6 Å². The van der Waals surface area contributed by atoms with Crippen LogP contribution in [0.5, 0.6) is 0 Å². The van der Waals surface area contributed by atoms with Crippen LogP contribution in [0.2, 0.25) is 5.02 Å². The molecule has 2 heterocycles. The molecular weight excluding hydrogens is 427 g/mol. The van der Waals surface area contributed by atoms with Crippen molar-refractivity contribution >= 4 is 46.5 Å². The quantitative estimate of drug-likeness (QED) is 0.246. The maximum atomic E-state index is 13.2. The highest BCUT2D eigenvalue weighted by Crippen LogP contribution is 2.23. The molecule has 4 aromatic rings. The number of aromatic nitrogens is 2. The van der Waals surface area contributed by atoms with E-state index in [1.165, 1.54) is 18.2 Å². The maximum Gasteiger partial charge on any atom is 0.189 e. The third kappa shape index (κ3) is 5.36. The Morgan fingerprint density at radius 1 is 0.812 bits per heavy atom. The van der Waals surface area contributed by atoms with Gasteiger partial charge >= 0.3 is 0 Å². The average molecular weight is 445 g/mol. The van der Waals surface area contributed by atoms with Crippen molar-refractivity contribution in [3.8, 4) is 0 Å². The van der Waals surface area contributed by atoms with Crippen molar-refractivity contribution in [1.82, 2.24) is 9.97 Å². The lowest BCUT2D eigenvalue weighted by molar-refractivity contribution is 0.104. The highest BCUT2D eigenvalue weighted by Gasteiger charge is 2.11. The molecule has 0 fully saturated rings. The molecule has 32 heavy (non-hydrogen) atoms. The zero-order valence-electron chi connectivity index (χ0n) is 16.8. The van der Waals surface area contributed by atoms with E-state index in [1.807, 2.05) is 18.2 Å². The minimum absolute atomic E-state index is 0.217. The Hall–Kier alpha value is -4.03. The zero-order chi connectivity index (χ0) is 22.3. The predicted molar refractivity (Wildman–Crippen MR) is 126 cm³/mol. The molecule has 0 amide bonds. The highest BCUT2D eigenvalue weighted by molar-refractivity contribution is 6.30. The second-order valence-electron chi connectivity index (χ2n) is 6.80. The summed E-state index contributed by atoms with van der Waals surface area (Å²) in [5, 5.41) is 6.91. The summed E-state index contributed by atoms with van der Waals surface area (Å²) in [4.78, 5) is 21.5. The SMILES string of the molecule is O=C(C=Cc1cccnc1Nc1ccc(F)cc1)c1cccnc1Nc1ccc(Cl)cc1. The first kappa shape index (κ1) is 21.2. The van der Waals surface area contributed by atoms with Gasteiger partial charge in [-0.05, 0) is 84.9 Å². The van der Waals surface area contributed by atoms with Crippen LogP contribution < -0.4 is 10.6 Å². The van der Waals surface area contributed by atoms with E-state index in [1.54, 1.807) is 60.9 Å². The molecule has 2 aromatic carbocycles. The van der Waals surface area contributed by atoms with Crippen LogP contribution in [0.4, 0.5) is 27.4 Å². The molecule has 0 spiro atoms. The first-order chi connectivity index (χ1) is 15.6. The summed E-state index contributed by atoms with van der Waals surface area (Å²) < 4.78 is 13.2. The van der Waals surface area contributed by atoms with Crippen LogP contribution in [-0.2, 0) is 0 Å². The van der Waals surface area contributed by atoms with E-state index in [0.29, 0.717) is 33.5 Å². The Morgan fingerprint density at radius 2 is 1.41 bits per heavy atom. The molecule has 0 radical (unpaired) electrons. The number of rotatable bonds is 7. The second kappa shape index (κ2) is 9.85. The third-order valence-corrected chi connectivity index (χ3v) is 4.79. The van der Waals surface area contributed by atoms with Gasteiger partial charge in [0, 0.05) is 34.4 Å². The molecule has 0 aliphatic rings. The number of pyridine rings is 2. The van der Waals surface area contributed by atoms with E-state index in [9.17, 15) is 9.18 Å². The van der Waals surface area contributed by atoms with Crippen LogP contribution in [0.1, 0.15) is 15.9 Å². The molecule has 0 atom stereocenters. The summed E-state index contributed by atoms with van der Waals surface area (Å²) >= 11 is 5.93. The first-order valence-corrected chi connectivity index (χ1v) is 10.1. The maximum absolute atomic E-state index is 13.2. The zero-order valence-corrected chi connectivity index (χ0v) is 17.6. The van der Waals surface area contributed by atoms with Crippen molar-refractivity contribution in [2.75, 3.05) is 10.6 Å². The monoisotopic (exact) mass is 444 g/mol. The number of carbonyl (C=O) groups excluding carboxylic acids is 1. The van der Waals surface area contributed by atoms with Crippen LogP contribution in [-0.4, -0.2) is 15.8 Å². The van der Waals surface area contributed by atoms with Gasteiger partial charge in [0.05, 0.1) is 5.56 Å². The van der Waals surface area contributed by atoms with Crippen molar-refractivity contribution in [3.63, 3.8) is 0 Å². The Balaban J connectivity index is 1.54. The van der Waals surface area contributed by atoms with Gasteiger partial charge in [-0.1, -0.05) is 11.6 Å². The summed E-state index contributed by atoms with van der Waals surface area (Å²) in [6, 6.07) is 20.1. The van der Waals surface area contributed by atoms with E-state index in [4.69, 9.17) is 11.6 Å². The lowest BCUT2D eigenvalue weighted by Crippen LogP contribution is -2.03. The number of ketones is 1. The fourth-order valence-electron chi connectivity index (χ4n) is 2.96. The summed E-state index contributed by atoms with van der Waals surface area (Å²) in [7, 11) is 0. The molecule has 0 aliphatic heterocycles. The minimum atomic E-state index is -0.318. The van der Waals surface area contributed by atoms with Crippen LogP contribution in [0.3, 0.4) is 0 Å². The van der Waals surface area contributed by atoms with Crippen molar-refractivity contribution in [2.24, 2.45) is 0 Å². The lowest BCUT2D eigenvalue weighted by atomic mass is 10.1. The van der Waals surface area contributed by atoms with Gasteiger partial charge in [0.15, 0.2) is 5.78 Å². The summed E-state index contributed by atoms with van der Waals surface area (Å²) in [6.45, 7) is 0. The Bertz CT molecular complexity index is 1260. The predicted octanol–water partition coefficient (Wildman–Crippen LogP) is 6.65. The molecule has 2 N–H and O–H groups in total. The molecule has 0 unspecified atom stereocenters. The topological polar surface area (TPSA) is 66.9 Å². The first-order valence-electron chi connectivity index (χ1n) is 9.76. The minimum Gasteiger partial charge on any atom is -0.340 e. The summed E-state index contributed by atoms with van der Waals surface area (Å²) in [5.74, 6) is 0.460. The van der Waals surface area contributed by atoms with Crippen molar-refractivity contribution in [2.45, 2.75) is 0 Å². The molecule has 0 aliphatic carbocycles. The number of hydrogen-bond donors (Lipinski definition) is 2. The number of anilines is 4. The standard InChI is InChI=1S/C25H18ClFN4O/c26-18-6-10-20(11-7-18)31-25-22(4-2-16-29-25)23(32)14-5-17-3-1-15-28-24(17)30-21-12-8-19(27)9-13-21/h1-16H,(H,28,30)(H,29,31). The third-order valence-electron chi connectivity index (χ3n) is 4.54. The van der Waals surface area contributed by atoms with Gasteiger partial charge in [0.25, 0.3) is 0 Å². The lowest BCUT2D eigenvalue weighted by Gasteiger charge is -2.10. The van der Waals surface area contributed by atoms with E-state index < -0.39 is 0 Å². The van der Waals surface area contributed by atoms with Gasteiger partial charge in [-0.2, -0.15) is 0 Å². The molecule has 4 rings (SSSR count). The summed E-state index contributed by atoms with van der Waals surface area (Å²) in [5.41, 5.74) is 2.59. The number of halogens is 2. The van der Waals surface area contributed by atoms with Crippen molar-refractivity contribution in [3.05, 3.63) is 113 Å². The van der Waals surface area contributed by atoms with E-state index in [0.717, 1.165) is 5.69 Å². The van der Waals surface area contributed by atoms with Crippen LogP contribution >= 0.6 is 11.6 Å². The van der Waals surface area contributed by atoms with Crippen molar-refractivity contribution in [1.29, 1.82) is 0 Å². The van der Waals surface area contributed by atoms with Crippen molar-refractivity contribution < 1.29 is 9.18 Å². The van der Waals surface area contributed by atoms with Crippen LogP contribution in [0, 0.1) is 5.82 Å². The molecule has 7 heteroatoms. The molecule has 158 valence electrons. The largest absolute Gasteiger partial charge is 0.340 e. The molecular formula is C25H18ClFN4O. The van der Waals surface area contributed by atoms with Gasteiger partial charge in [-0.3, -0.25) is 4.79 Å². The Labute approximate surface area is 189 Å². The smallest absolute Gasteiger partial charge is 0.189 e.